The smallest absolute Gasteiger partial charge is 0.303 e. The molecule has 0 aromatic heterocycles. The van der Waals surface area contributed by atoms with Gasteiger partial charge in [0, 0.05) is 25.0 Å². The zero-order valence-corrected chi connectivity index (χ0v) is 11.4. The van der Waals surface area contributed by atoms with Crippen molar-refractivity contribution in [3.8, 4) is 0 Å². The third kappa shape index (κ3) is 4.20. The van der Waals surface area contributed by atoms with Crippen LogP contribution in [0.2, 0.25) is 0 Å². The van der Waals surface area contributed by atoms with Crippen molar-refractivity contribution in [1.82, 2.24) is 10.2 Å². The van der Waals surface area contributed by atoms with E-state index in [0.29, 0.717) is 25.6 Å². The maximum absolute atomic E-state index is 12.0. The molecule has 1 atom stereocenters. The molecule has 19 heavy (non-hydrogen) atoms. The third-order valence-electron chi connectivity index (χ3n) is 4.25. The van der Waals surface area contributed by atoms with Gasteiger partial charge in [0.1, 0.15) is 0 Å². The minimum atomic E-state index is -0.764. The van der Waals surface area contributed by atoms with Crippen molar-refractivity contribution in [3.05, 3.63) is 0 Å². The molecule has 1 amide bonds. The number of amides is 1. The van der Waals surface area contributed by atoms with Crippen LogP contribution in [0, 0.1) is 0 Å². The van der Waals surface area contributed by atoms with Crippen molar-refractivity contribution in [2.24, 2.45) is 0 Å². The molecule has 1 saturated carbocycles. The molecule has 1 unspecified atom stereocenters. The summed E-state index contributed by atoms with van der Waals surface area (Å²) >= 11 is 0. The van der Waals surface area contributed by atoms with E-state index < -0.39 is 5.97 Å². The largest absolute Gasteiger partial charge is 0.481 e. The molecular weight excluding hydrogens is 244 g/mol. The van der Waals surface area contributed by atoms with E-state index in [9.17, 15) is 9.59 Å². The van der Waals surface area contributed by atoms with E-state index in [2.05, 4.69) is 5.32 Å². The molecule has 5 nitrogen and oxygen atoms in total. The van der Waals surface area contributed by atoms with Gasteiger partial charge in [-0.05, 0) is 19.3 Å². The Morgan fingerprint density at radius 2 is 1.95 bits per heavy atom. The highest BCUT2D eigenvalue weighted by atomic mass is 16.4. The molecule has 1 saturated heterocycles. The summed E-state index contributed by atoms with van der Waals surface area (Å²) in [6.45, 7) is 1.04. The molecule has 0 bridgehead atoms. The Hall–Kier alpha value is -1.10. The van der Waals surface area contributed by atoms with Crippen molar-refractivity contribution in [3.63, 3.8) is 0 Å². The summed E-state index contributed by atoms with van der Waals surface area (Å²) < 4.78 is 0. The Morgan fingerprint density at radius 3 is 2.58 bits per heavy atom. The summed E-state index contributed by atoms with van der Waals surface area (Å²) in [5.74, 6) is -0.585. The SMILES string of the molecule is O=C(O)CCC1CN(C2CCCCCC2)C(=O)CN1. The van der Waals surface area contributed by atoms with Gasteiger partial charge in [0.05, 0.1) is 6.54 Å². The van der Waals surface area contributed by atoms with Crippen LogP contribution in [0.25, 0.3) is 0 Å². The fourth-order valence-electron chi connectivity index (χ4n) is 3.15. The van der Waals surface area contributed by atoms with Crippen LogP contribution in [0.4, 0.5) is 0 Å². The lowest BCUT2D eigenvalue weighted by Crippen LogP contribution is -2.57. The number of carboxylic acid groups (broad SMARTS) is 1. The molecule has 0 spiro atoms. The van der Waals surface area contributed by atoms with Crippen LogP contribution in [0.15, 0.2) is 0 Å². The van der Waals surface area contributed by atoms with E-state index in [1.807, 2.05) is 4.90 Å². The Morgan fingerprint density at radius 1 is 1.26 bits per heavy atom. The monoisotopic (exact) mass is 268 g/mol. The first-order chi connectivity index (χ1) is 9.16. The molecule has 1 aliphatic heterocycles. The average molecular weight is 268 g/mol. The van der Waals surface area contributed by atoms with E-state index in [0.717, 1.165) is 12.8 Å². The summed E-state index contributed by atoms with van der Waals surface area (Å²) in [4.78, 5) is 24.7. The number of carboxylic acids is 1. The number of rotatable bonds is 4. The maximum Gasteiger partial charge on any atom is 0.303 e. The Labute approximate surface area is 114 Å². The molecule has 2 N–H and O–H groups in total. The molecule has 0 radical (unpaired) electrons. The van der Waals surface area contributed by atoms with Gasteiger partial charge in [-0.15, -0.1) is 0 Å². The normalized spacial score (nSPS) is 26.2. The van der Waals surface area contributed by atoms with Crippen LogP contribution < -0.4 is 5.32 Å². The summed E-state index contributed by atoms with van der Waals surface area (Å²) in [7, 11) is 0. The highest BCUT2D eigenvalue weighted by molar-refractivity contribution is 5.79. The van der Waals surface area contributed by atoms with Gasteiger partial charge in [-0.25, -0.2) is 0 Å². The zero-order valence-electron chi connectivity index (χ0n) is 11.4. The van der Waals surface area contributed by atoms with E-state index in [-0.39, 0.29) is 18.4 Å². The highest BCUT2D eigenvalue weighted by Gasteiger charge is 2.30. The van der Waals surface area contributed by atoms with Gasteiger partial charge >= 0.3 is 5.97 Å². The second kappa shape index (κ2) is 6.89. The van der Waals surface area contributed by atoms with Crippen molar-refractivity contribution in [1.29, 1.82) is 0 Å². The number of nitrogens with zero attached hydrogens (tertiary/aromatic N) is 1. The Bertz CT molecular complexity index is 325. The number of carbonyl (C=O) groups excluding carboxylic acids is 1. The predicted molar refractivity (Wildman–Crippen MR) is 71.9 cm³/mol. The minimum Gasteiger partial charge on any atom is -0.481 e. The number of piperazine rings is 1. The Kier molecular flexibility index (Phi) is 5.19. The standard InChI is InChI=1S/C14H24N2O3/c17-13-9-15-11(7-8-14(18)19)10-16(13)12-5-3-1-2-4-6-12/h11-12,15H,1-10H2,(H,18,19). The van der Waals surface area contributed by atoms with Crippen LogP contribution in [-0.4, -0.2) is 47.1 Å². The predicted octanol–water partition coefficient (Wildman–Crippen LogP) is 1.37. The molecule has 2 fully saturated rings. The molecule has 2 aliphatic rings. The first-order valence-corrected chi connectivity index (χ1v) is 7.41. The topological polar surface area (TPSA) is 69.6 Å². The number of nitrogens with one attached hydrogen (secondary N) is 1. The third-order valence-corrected chi connectivity index (χ3v) is 4.25. The molecule has 0 aromatic rings. The number of hydrogen-bond acceptors (Lipinski definition) is 3. The van der Waals surface area contributed by atoms with Gasteiger partial charge in [-0.1, -0.05) is 25.7 Å². The van der Waals surface area contributed by atoms with E-state index >= 15 is 0 Å². The lowest BCUT2D eigenvalue weighted by Gasteiger charge is -2.38. The molecule has 2 rings (SSSR count). The van der Waals surface area contributed by atoms with Crippen LogP contribution >= 0.6 is 0 Å². The summed E-state index contributed by atoms with van der Waals surface area (Å²) in [6, 6.07) is 0.515. The maximum atomic E-state index is 12.0. The van der Waals surface area contributed by atoms with Gasteiger partial charge in [-0.2, -0.15) is 0 Å². The molecule has 1 heterocycles. The van der Waals surface area contributed by atoms with Crippen LogP contribution in [0.3, 0.4) is 0 Å². The number of carbonyl (C=O) groups is 2. The minimum absolute atomic E-state index is 0.136. The first kappa shape index (κ1) is 14.3. The Balaban J connectivity index is 1.89. The summed E-state index contributed by atoms with van der Waals surface area (Å²) in [5.41, 5.74) is 0. The molecule has 0 aromatic carbocycles. The fraction of sp³-hybridized carbons (Fsp3) is 0.857. The van der Waals surface area contributed by atoms with Gasteiger partial charge < -0.3 is 15.3 Å². The van der Waals surface area contributed by atoms with Gasteiger partial charge in [0.15, 0.2) is 0 Å². The van der Waals surface area contributed by atoms with Crippen LogP contribution in [-0.2, 0) is 9.59 Å². The van der Waals surface area contributed by atoms with E-state index in [1.54, 1.807) is 0 Å². The quantitative estimate of drug-likeness (QED) is 0.756. The van der Waals surface area contributed by atoms with Crippen LogP contribution in [0.5, 0.6) is 0 Å². The summed E-state index contributed by atoms with van der Waals surface area (Å²) in [6.07, 6.45) is 7.97. The van der Waals surface area contributed by atoms with Crippen molar-refractivity contribution in [2.45, 2.75) is 63.5 Å². The average Bonchev–Trinajstić information content (AvgIpc) is 2.66. The van der Waals surface area contributed by atoms with E-state index in [1.165, 1.54) is 25.7 Å². The molecule has 1 aliphatic carbocycles. The van der Waals surface area contributed by atoms with Gasteiger partial charge in [-0.3, -0.25) is 9.59 Å². The van der Waals surface area contributed by atoms with Gasteiger partial charge in [0.25, 0.3) is 0 Å². The zero-order chi connectivity index (χ0) is 13.7. The number of hydrogen-bond donors (Lipinski definition) is 2. The lowest BCUT2D eigenvalue weighted by atomic mass is 10.0. The summed E-state index contributed by atoms with van der Waals surface area (Å²) in [5, 5.41) is 11.9. The van der Waals surface area contributed by atoms with Crippen molar-refractivity contribution in [2.75, 3.05) is 13.1 Å². The molecule has 5 heteroatoms. The highest BCUT2D eigenvalue weighted by Crippen LogP contribution is 2.23. The second-order valence-electron chi connectivity index (χ2n) is 5.70. The molecule has 108 valence electrons. The lowest BCUT2D eigenvalue weighted by molar-refractivity contribution is -0.137. The molecular formula is C14H24N2O3. The number of aliphatic carboxylic acids is 1. The van der Waals surface area contributed by atoms with Crippen molar-refractivity contribution < 1.29 is 14.7 Å². The fourth-order valence-corrected chi connectivity index (χ4v) is 3.15. The first-order valence-electron chi connectivity index (χ1n) is 7.41. The van der Waals surface area contributed by atoms with E-state index in [4.69, 9.17) is 5.11 Å². The second-order valence-corrected chi connectivity index (χ2v) is 5.70. The van der Waals surface area contributed by atoms with Crippen molar-refractivity contribution >= 4 is 11.9 Å². The van der Waals surface area contributed by atoms with Crippen LogP contribution in [0.1, 0.15) is 51.4 Å². The van der Waals surface area contributed by atoms with Gasteiger partial charge in [0.2, 0.25) is 5.91 Å².